The molecule has 1 aliphatic heterocycles. The quantitative estimate of drug-likeness (QED) is 0.205. The summed E-state index contributed by atoms with van der Waals surface area (Å²) in [5, 5.41) is 12.8. The van der Waals surface area contributed by atoms with Crippen molar-refractivity contribution in [2.45, 2.75) is 68.6 Å². The number of unbranched alkanes of at least 4 members (excludes halogenated alkanes) is 1. The topological polar surface area (TPSA) is 95.9 Å². The van der Waals surface area contributed by atoms with Crippen LogP contribution in [-0.4, -0.2) is 57.6 Å². The number of alkyl halides is 3. The number of nitrogens with one attached hydrogen (secondary N) is 1. The van der Waals surface area contributed by atoms with E-state index in [4.69, 9.17) is 4.74 Å². The van der Waals surface area contributed by atoms with Gasteiger partial charge in [-0.3, -0.25) is 4.79 Å². The average Bonchev–Trinajstić information content (AvgIpc) is 3.05. The summed E-state index contributed by atoms with van der Waals surface area (Å²) in [6, 6.07) is 17.9. The molecule has 3 aromatic rings. The highest BCUT2D eigenvalue weighted by Gasteiger charge is 2.32. The number of nitrogens with zero attached hydrogens (tertiary/aromatic N) is 1. The van der Waals surface area contributed by atoms with Crippen molar-refractivity contribution in [1.29, 1.82) is 0 Å². The minimum Gasteiger partial charge on any atom is -0.394 e. The van der Waals surface area contributed by atoms with E-state index in [1.54, 1.807) is 43.3 Å². The lowest BCUT2D eigenvalue weighted by Gasteiger charge is -2.41. The number of sulfone groups is 1. The number of ether oxygens (including phenoxy) is 1. The molecule has 2 N–H and O–H groups in total. The van der Waals surface area contributed by atoms with Crippen LogP contribution >= 0.6 is 0 Å². The predicted molar refractivity (Wildman–Crippen MR) is 168 cm³/mol. The predicted octanol–water partition coefficient (Wildman–Crippen LogP) is 6.53. The Morgan fingerprint density at radius 1 is 1.00 bits per heavy atom. The molecular formula is C34H41F3N2O5S. The summed E-state index contributed by atoms with van der Waals surface area (Å²) in [6.07, 6.45) is -0.779. The zero-order valence-corrected chi connectivity index (χ0v) is 26.4. The van der Waals surface area contributed by atoms with E-state index in [0.717, 1.165) is 49.1 Å². The maximum atomic E-state index is 13.1. The zero-order chi connectivity index (χ0) is 32.6. The Morgan fingerprint density at radius 2 is 1.67 bits per heavy atom. The highest BCUT2D eigenvalue weighted by atomic mass is 32.2. The molecule has 1 unspecified atom stereocenters. The van der Waals surface area contributed by atoms with Crippen molar-refractivity contribution in [2.75, 3.05) is 37.0 Å². The number of halogens is 3. The Balaban J connectivity index is 1.48. The summed E-state index contributed by atoms with van der Waals surface area (Å²) in [4.78, 5) is 15.5. The Bertz CT molecular complexity index is 1490. The molecule has 0 aliphatic carbocycles. The molecule has 0 bridgehead atoms. The fraction of sp³-hybridized carbons (Fsp3) is 0.441. The molecule has 7 nitrogen and oxygen atoms in total. The minimum atomic E-state index is -4.38. The number of carbonyl (C=O) groups is 1. The molecule has 0 aromatic heterocycles. The number of hydrogen-bond donors (Lipinski definition) is 2. The molecule has 1 fully saturated rings. The number of anilines is 1. The second-order valence-electron chi connectivity index (χ2n) is 11.4. The van der Waals surface area contributed by atoms with Crippen molar-refractivity contribution >= 4 is 21.4 Å². The van der Waals surface area contributed by atoms with Crippen LogP contribution in [-0.2, 0) is 20.8 Å². The van der Waals surface area contributed by atoms with Crippen LogP contribution in [0.2, 0.25) is 0 Å². The number of aliphatic hydroxyl groups excluding tert-OH is 1. The van der Waals surface area contributed by atoms with Crippen molar-refractivity contribution < 1.29 is 36.2 Å². The van der Waals surface area contributed by atoms with E-state index in [-0.39, 0.29) is 29.2 Å². The lowest BCUT2D eigenvalue weighted by molar-refractivity contribution is -0.137. The van der Waals surface area contributed by atoms with E-state index in [1.165, 1.54) is 12.1 Å². The maximum Gasteiger partial charge on any atom is 0.416 e. The number of amides is 1. The molecule has 45 heavy (non-hydrogen) atoms. The third-order valence-corrected chi connectivity index (χ3v) is 10.1. The SMILES string of the molecule is CCCCOC[C@@H]1CCC(c2ccc(C(F)(F)F)cc2)CN1c1ccc(C(=O)N[C@@H](CO)c2ccc(S(=O)(=O)CC)cc2)cc1. The molecular weight excluding hydrogens is 605 g/mol. The van der Waals surface area contributed by atoms with Gasteiger partial charge in [0.05, 0.1) is 41.5 Å². The third kappa shape index (κ3) is 8.86. The number of aliphatic hydroxyl groups is 1. The van der Waals surface area contributed by atoms with Crippen LogP contribution in [0.4, 0.5) is 18.9 Å². The van der Waals surface area contributed by atoms with Gasteiger partial charge in [-0.2, -0.15) is 13.2 Å². The van der Waals surface area contributed by atoms with Gasteiger partial charge in [0.25, 0.3) is 5.91 Å². The Labute approximate surface area is 263 Å². The van der Waals surface area contributed by atoms with Crippen molar-refractivity contribution in [3.05, 3.63) is 95.1 Å². The van der Waals surface area contributed by atoms with Gasteiger partial charge in [0.1, 0.15) is 0 Å². The summed E-state index contributed by atoms with van der Waals surface area (Å²) in [5.41, 5.74) is 2.02. The number of hydrogen-bond acceptors (Lipinski definition) is 6. The fourth-order valence-electron chi connectivity index (χ4n) is 5.55. The average molecular weight is 647 g/mol. The van der Waals surface area contributed by atoms with E-state index in [1.807, 2.05) is 12.1 Å². The molecule has 244 valence electrons. The van der Waals surface area contributed by atoms with E-state index in [2.05, 4.69) is 17.1 Å². The first-order valence-corrected chi connectivity index (χ1v) is 17.0. The third-order valence-electron chi connectivity index (χ3n) is 8.34. The summed E-state index contributed by atoms with van der Waals surface area (Å²) >= 11 is 0. The highest BCUT2D eigenvalue weighted by Crippen LogP contribution is 2.36. The van der Waals surface area contributed by atoms with Gasteiger partial charge < -0.3 is 20.1 Å². The Kier molecular flexibility index (Phi) is 11.7. The lowest BCUT2D eigenvalue weighted by Crippen LogP contribution is -2.45. The monoisotopic (exact) mass is 646 g/mol. The van der Waals surface area contributed by atoms with E-state index < -0.39 is 33.5 Å². The van der Waals surface area contributed by atoms with Crippen molar-refractivity contribution in [3.63, 3.8) is 0 Å². The van der Waals surface area contributed by atoms with Crippen LogP contribution in [0, 0.1) is 0 Å². The summed E-state index contributed by atoms with van der Waals surface area (Å²) in [7, 11) is -3.37. The minimum absolute atomic E-state index is 0.0255. The van der Waals surface area contributed by atoms with Gasteiger partial charge in [-0.15, -0.1) is 0 Å². The van der Waals surface area contributed by atoms with Gasteiger partial charge in [0, 0.05) is 30.3 Å². The van der Waals surface area contributed by atoms with Gasteiger partial charge in [0.2, 0.25) is 0 Å². The first kappa shape index (κ1) is 34.5. The van der Waals surface area contributed by atoms with Gasteiger partial charge in [0.15, 0.2) is 9.84 Å². The number of carbonyl (C=O) groups excluding carboxylic acids is 1. The molecule has 1 saturated heterocycles. The molecule has 1 amide bonds. The highest BCUT2D eigenvalue weighted by molar-refractivity contribution is 7.91. The van der Waals surface area contributed by atoms with Gasteiger partial charge in [-0.05, 0) is 78.9 Å². The molecule has 3 atom stereocenters. The smallest absolute Gasteiger partial charge is 0.394 e. The molecule has 0 saturated carbocycles. The fourth-order valence-corrected chi connectivity index (χ4v) is 6.44. The largest absolute Gasteiger partial charge is 0.416 e. The molecule has 11 heteroatoms. The molecule has 1 heterocycles. The first-order chi connectivity index (χ1) is 21.5. The molecule has 0 spiro atoms. The van der Waals surface area contributed by atoms with Crippen LogP contribution < -0.4 is 10.2 Å². The van der Waals surface area contributed by atoms with Gasteiger partial charge >= 0.3 is 6.18 Å². The molecule has 0 radical (unpaired) electrons. The molecule has 4 rings (SSSR count). The maximum absolute atomic E-state index is 13.1. The summed E-state index contributed by atoms with van der Waals surface area (Å²) in [5.74, 6) is -0.389. The van der Waals surface area contributed by atoms with Crippen molar-refractivity contribution in [1.82, 2.24) is 5.32 Å². The number of benzene rings is 3. The van der Waals surface area contributed by atoms with Crippen LogP contribution in [0.25, 0.3) is 0 Å². The second kappa shape index (κ2) is 15.2. The van der Waals surface area contributed by atoms with Crippen LogP contribution in [0.15, 0.2) is 77.7 Å². The van der Waals surface area contributed by atoms with E-state index >= 15 is 0 Å². The Morgan fingerprint density at radius 3 is 2.24 bits per heavy atom. The first-order valence-electron chi connectivity index (χ1n) is 15.3. The lowest BCUT2D eigenvalue weighted by atomic mass is 9.86. The Hall–Kier alpha value is -3.41. The van der Waals surface area contributed by atoms with Gasteiger partial charge in [-0.25, -0.2) is 8.42 Å². The summed E-state index contributed by atoms with van der Waals surface area (Å²) in [6.45, 7) is 5.07. The van der Waals surface area contributed by atoms with Crippen molar-refractivity contribution in [2.24, 2.45) is 0 Å². The molecule has 1 aliphatic rings. The van der Waals surface area contributed by atoms with Crippen LogP contribution in [0.3, 0.4) is 0 Å². The molecule has 3 aromatic carbocycles. The summed E-state index contributed by atoms with van der Waals surface area (Å²) < 4.78 is 69.6. The zero-order valence-electron chi connectivity index (χ0n) is 25.6. The normalized spacial score (nSPS) is 18.0. The van der Waals surface area contributed by atoms with Crippen LogP contribution in [0.1, 0.15) is 78.5 Å². The van der Waals surface area contributed by atoms with E-state index in [9.17, 15) is 31.5 Å². The second-order valence-corrected chi connectivity index (χ2v) is 13.6. The van der Waals surface area contributed by atoms with Crippen LogP contribution in [0.5, 0.6) is 0 Å². The standard InChI is InChI=1S/C34H41F3N2O5S/c1-3-5-20-44-23-30-17-10-27(24-6-13-28(14-7-24)34(35,36)37)21-39(30)29-15-8-26(9-16-29)33(41)38-32(22-40)25-11-18-31(19-12-25)45(42,43)4-2/h6-9,11-16,18-19,27,30,32,40H,3-5,10,17,20-23H2,1-2H3,(H,38,41)/t27?,30-,32-/m0/s1. The van der Waals surface area contributed by atoms with E-state index in [0.29, 0.717) is 30.9 Å². The number of rotatable bonds is 13. The number of piperidine rings is 1. The van der Waals surface area contributed by atoms with Crippen molar-refractivity contribution in [3.8, 4) is 0 Å². The van der Waals surface area contributed by atoms with Gasteiger partial charge in [-0.1, -0.05) is 44.5 Å².